The topological polar surface area (TPSA) is 44.0 Å². The van der Waals surface area contributed by atoms with Crippen molar-refractivity contribution in [3.8, 4) is 6.07 Å². The highest BCUT2D eigenvalue weighted by Gasteiger charge is 2.46. The van der Waals surface area contributed by atoms with Gasteiger partial charge in [-0.3, -0.25) is 0 Å². The zero-order valence-corrected chi connectivity index (χ0v) is 8.38. The van der Waals surface area contributed by atoms with Gasteiger partial charge < -0.3 is 5.11 Å². The highest BCUT2D eigenvalue weighted by atomic mass is 16.3. The molecule has 0 aromatic carbocycles. The van der Waals surface area contributed by atoms with Crippen molar-refractivity contribution < 1.29 is 5.11 Å². The minimum Gasteiger partial charge on any atom is -0.390 e. The molecule has 1 rings (SSSR count). The van der Waals surface area contributed by atoms with Crippen LogP contribution in [-0.2, 0) is 0 Å². The van der Waals surface area contributed by atoms with Crippen LogP contribution in [0.15, 0.2) is 12.7 Å². The van der Waals surface area contributed by atoms with E-state index in [9.17, 15) is 5.11 Å². The Morgan fingerprint density at radius 2 is 2.15 bits per heavy atom. The van der Waals surface area contributed by atoms with Crippen LogP contribution in [-0.4, -0.2) is 10.7 Å². The van der Waals surface area contributed by atoms with Gasteiger partial charge in [0, 0.05) is 5.92 Å². The molecule has 0 spiro atoms. The molecule has 2 heteroatoms. The van der Waals surface area contributed by atoms with E-state index >= 15 is 0 Å². The molecule has 2 nitrogen and oxygen atoms in total. The fourth-order valence-electron chi connectivity index (χ4n) is 2.45. The van der Waals surface area contributed by atoms with Gasteiger partial charge in [-0.1, -0.05) is 6.08 Å². The SMILES string of the molecule is C=C[C@H]1[C@@](C)(O)CCC[C@@]1(C)C#N. The molecule has 1 N–H and O–H groups in total. The summed E-state index contributed by atoms with van der Waals surface area (Å²) < 4.78 is 0. The third-order valence-corrected chi connectivity index (χ3v) is 3.23. The van der Waals surface area contributed by atoms with Crippen molar-refractivity contribution in [3.63, 3.8) is 0 Å². The van der Waals surface area contributed by atoms with E-state index in [0.29, 0.717) is 0 Å². The van der Waals surface area contributed by atoms with E-state index in [2.05, 4.69) is 12.6 Å². The minimum absolute atomic E-state index is 0.112. The summed E-state index contributed by atoms with van der Waals surface area (Å²) >= 11 is 0. The molecule has 1 fully saturated rings. The molecule has 13 heavy (non-hydrogen) atoms. The molecule has 0 radical (unpaired) electrons. The van der Waals surface area contributed by atoms with Crippen molar-refractivity contribution in [2.24, 2.45) is 11.3 Å². The largest absolute Gasteiger partial charge is 0.390 e. The molecular formula is C11H17NO. The maximum Gasteiger partial charge on any atom is 0.0697 e. The summed E-state index contributed by atoms with van der Waals surface area (Å²) in [5.41, 5.74) is -1.20. The van der Waals surface area contributed by atoms with Gasteiger partial charge in [0.25, 0.3) is 0 Å². The lowest BCUT2D eigenvalue weighted by atomic mass is 9.62. The zero-order chi connectivity index (χ0) is 10.1. The van der Waals surface area contributed by atoms with E-state index in [1.165, 1.54) is 0 Å². The van der Waals surface area contributed by atoms with Crippen LogP contribution in [0.3, 0.4) is 0 Å². The highest BCUT2D eigenvalue weighted by Crippen LogP contribution is 2.46. The first kappa shape index (κ1) is 10.3. The fourth-order valence-corrected chi connectivity index (χ4v) is 2.45. The maximum absolute atomic E-state index is 10.1. The Morgan fingerprint density at radius 3 is 2.54 bits per heavy atom. The van der Waals surface area contributed by atoms with Crippen molar-refractivity contribution in [3.05, 3.63) is 12.7 Å². The van der Waals surface area contributed by atoms with E-state index in [0.717, 1.165) is 19.3 Å². The normalized spacial score (nSPS) is 45.2. The second-order valence-corrected chi connectivity index (χ2v) is 4.45. The van der Waals surface area contributed by atoms with Crippen LogP contribution in [0.5, 0.6) is 0 Å². The van der Waals surface area contributed by atoms with Crippen LogP contribution in [0, 0.1) is 22.7 Å². The van der Waals surface area contributed by atoms with Crippen LogP contribution in [0.25, 0.3) is 0 Å². The maximum atomic E-state index is 10.1. The van der Waals surface area contributed by atoms with E-state index in [-0.39, 0.29) is 5.92 Å². The number of nitriles is 1. The molecule has 0 amide bonds. The first-order valence-corrected chi connectivity index (χ1v) is 4.72. The molecule has 72 valence electrons. The molecule has 0 bridgehead atoms. The van der Waals surface area contributed by atoms with Crippen LogP contribution in [0.2, 0.25) is 0 Å². The Morgan fingerprint density at radius 1 is 1.54 bits per heavy atom. The molecule has 1 aliphatic carbocycles. The van der Waals surface area contributed by atoms with Gasteiger partial charge in [-0.05, 0) is 33.1 Å². The molecular weight excluding hydrogens is 162 g/mol. The smallest absolute Gasteiger partial charge is 0.0697 e. The average Bonchev–Trinajstić information content (AvgIpc) is 2.03. The van der Waals surface area contributed by atoms with Crippen LogP contribution in [0.1, 0.15) is 33.1 Å². The molecule has 1 aliphatic rings. The Bertz CT molecular complexity index is 251. The van der Waals surface area contributed by atoms with Gasteiger partial charge in [0.1, 0.15) is 0 Å². The quantitative estimate of drug-likeness (QED) is 0.627. The summed E-state index contributed by atoms with van der Waals surface area (Å²) in [4.78, 5) is 0. The second-order valence-electron chi connectivity index (χ2n) is 4.45. The fraction of sp³-hybridized carbons (Fsp3) is 0.727. The van der Waals surface area contributed by atoms with E-state index in [4.69, 9.17) is 5.26 Å². The number of nitrogens with zero attached hydrogens (tertiary/aromatic N) is 1. The molecule has 3 atom stereocenters. The monoisotopic (exact) mass is 179 g/mol. The summed E-state index contributed by atoms with van der Waals surface area (Å²) in [6, 6.07) is 2.31. The third kappa shape index (κ3) is 1.62. The van der Waals surface area contributed by atoms with Crippen LogP contribution < -0.4 is 0 Å². The molecule has 0 unspecified atom stereocenters. The lowest BCUT2D eigenvalue weighted by Gasteiger charge is -2.44. The van der Waals surface area contributed by atoms with Gasteiger partial charge in [-0.2, -0.15) is 5.26 Å². The Balaban J connectivity index is 3.01. The molecule has 1 saturated carbocycles. The predicted octanol–water partition coefficient (Wildman–Crippen LogP) is 2.25. The van der Waals surface area contributed by atoms with Gasteiger partial charge in [0.2, 0.25) is 0 Å². The third-order valence-electron chi connectivity index (χ3n) is 3.23. The van der Waals surface area contributed by atoms with Gasteiger partial charge >= 0.3 is 0 Å². The van der Waals surface area contributed by atoms with Crippen molar-refractivity contribution in [2.75, 3.05) is 0 Å². The first-order valence-electron chi connectivity index (χ1n) is 4.72. The Hall–Kier alpha value is -0.810. The molecule has 0 aliphatic heterocycles. The number of rotatable bonds is 1. The van der Waals surface area contributed by atoms with E-state index in [1.54, 1.807) is 13.0 Å². The number of aliphatic hydroxyl groups is 1. The zero-order valence-electron chi connectivity index (χ0n) is 8.38. The Kier molecular flexibility index (Phi) is 2.49. The molecule has 0 saturated heterocycles. The lowest BCUT2D eigenvalue weighted by Crippen LogP contribution is -2.46. The van der Waals surface area contributed by atoms with Crippen LogP contribution in [0.4, 0.5) is 0 Å². The van der Waals surface area contributed by atoms with Crippen molar-refractivity contribution >= 4 is 0 Å². The van der Waals surface area contributed by atoms with Crippen LogP contribution >= 0.6 is 0 Å². The predicted molar refractivity (Wildman–Crippen MR) is 51.9 cm³/mol. The summed E-state index contributed by atoms with van der Waals surface area (Å²) in [5, 5.41) is 19.2. The van der Waals surface area contributed by atoms with Gasteiger partial charge in [0.15, 0.2) is 0 Å². The molecule has 0 aromatic rings. The average molecular weight is 179 g/mol. The summed E-state index contributed by atoms with van der Waals surface area (Å²) in [6.07, 6.45) is 4.26. The van der Waals surface area contributed by atoms with E-state index < -0.39 is 11.0 Å². The second kappa shape index (κ2) is 3.16. The van der Waals surface area contributed by atoms with Crippen molar-refractivity contribution in [1.29, 1.82) is 5.26 Å². The van der Waals surface area contributed by atoms with Crippen molar-refractivity contribution in [2.45, 2.75) is 38.7 Å². The van der Waals surface area contributed by atoms with Gasteiger partial charge in [0.05, 0.1) is 17.1 Å². The van der Waals surface area contributed by atoms with Gasteiger partial charge in [-0.15, -0.1) is 6.58 Å². The Labute approximate surface area is 79.9 Å². The van der Waals surface area contributed by atoms with Crippen molar-refractivity contribution in [1.82, 2.24) is 0 Å². The summed E-state index contributed by atoms with van der Waals surface area (Å²) in [7, 11) is 0. The molecule has 0 heterocycles. The number of hydrogen-bond donors (Lipinski definition) is 1. The standard InChI is InChI=1S/C11H17NO/c1-4-9-10(2,8-12)6-5-7-11(9,3)13/h4,9,13H,1,5-7H2,2-3H3/t9-,10+,11+/m1/s1. The number of hydrogen-bond acceptors (Lipinski definition) is 2. The summed E-state index contributed by atoms with van der Waals surface area (Å²) in [5.74, 6) is -0.112. The van der Waals surface area contributed by atoms with E-state index in [1.807, 2.05) is 6.92 Å². The summed E-state index contributed by atoms with van der Waals surface area (Å²) in [6.45, 7) is 7.42. The first-order chi connectivity index (χ1) is 5.96. The minimum atomic E-state index is -0.759. The van der Waals surface area contributed by atoms with Gasteiger partial charge in [-0.25, -0.2) is 0 Å². The molecule has 0 aromatic heterocycles. The highest BCUT2D eigenvalue weighted by molar-refractivity contribution is 5.13. The lowest BCUT2D eigenvalue weighted by molar-refractivity contribution is -0.0538.